The number of hydrogen-bond donors (Lipinski definition) is 2. The highest BCUT2D eigenvalue weighted by Gasteiger charge is 2.39. The van der Waals surface area contributed by atoms with E-state index in [1.807, 2.05) is 25.1 Å². The van der Waals surface area contributed by atoms with Crippen molar-refractivity contribution in [1.82, 2.24) is 14.8 Å². The fraction of sp³-hybridized carbons (Fsp3) is 0.654. The van der Waals surface area contributed by atoms with Gasteiger partial charge < -0.3 is 19.7 Å². The predicted molar refractivity (Wildman–Crippen MR) is 129 cm³/mol. The molecule has 0 aliphatic heterocycles. The fourth-order valence-corrected chi connectivity index (χ4v) is 5.20. The van der Waals surface area contributed by atoms with Crippen LogP contribution in [0.1, 0.15) is 93.9 Å². The van der Waals surface area contributed by atoms with Crippen molar-refractivity contribution in [3.8, 4) is 5.75 Å². The zero-order chi connectivity index (χ0) is 23.5. The van der Waals surface area contributed by atoms with E-state index < -0.39 is 0 Å². The number of methoxy groups -OCH3 is 1. The smallest absolute Gasteiger partial charge is 0.225 e. The van der Waals surface area contributed by atoms with Crippen LogP contribution in [0.3, 0.4) is 0 Å². The monoisotopic (exact) mass is 454 g/mol. The van der Waals surface area contributed by atoms with Crippen molar-refractivity contribution in [2.24, 2.45) is 11.8 Å². The molecule has 33 heavy (non-hydrogen) atoms. The average Bonchev–Trinajstić information content (AvgIpc) is 3.50. The summed E-state index contributed by atoms with van der Waals surface area (Å²) in [7, 11) is 1.63. The first kappa shape index (κ1) is 23.7. The van der Waals surface area contributed by atoms with Gasteiger partial charge in [0.15, 0.2) is 0 Å². The molecule has 1 heterocycles. The molecule has 7 heteroatoms. The molecule has 1 atom stereocenters. The summed E-state index contributed by atoms with van der Waals surface area (Å²) in [6, 6.07) is 6.09. The van der Waals surface area contributed by atoms with Crippen LogP contribution >= 0.6 is 0 Å². The van der Waals surface area contributed by atoms with Gasteiger partial charge in [-0.15, -0.1) is 10.2 Å². The maximum Gasteiger partial charge on any atom is 0.225 e. The van der Waals surface area contributed by atoms with E-state index >= 15 is 0 Å². The van der Waals surface area contributed by atoms with Gasteiger partial charge in [0.05, 0.1) is 7.11 Å². The standard InChI is InChI=1S/C26H38N4O3/c1-16(2)11-18-12-20(13-18)26-29-28-25(30(26)22-7-8-22)19(9-10-31)14-24(32)27-21-6-5-17(3)23(15-21)33-4/h5-6,15-16,18-20,22,31H,7-14H2,1-4H3,(H,27,32)/t18-,19-,20+/m0/s1. The van der Waals surface area contributed by atoms with Crippen molar-refractivity contribution in [3.05, 3.63) is 35.4 Å². The molecule has 0 unspecified atom stereocenters. The van der Waals surface area contributed by atoms with Gasteiger partial charge in [-0.3, -0.25) is 4.79 Å². The maximum atomic E-state index is 12.9. The van der Waals surface area contributed by atoms with Gasteiger partial charge in [-0.2, -0.15) is 0 Å². The summed E-state index contributed by atoms with van der Waals surface area (Å²) in [5, 5.41) is 21.9. The van der Waals surface area contributed by atoms with Crippen LogP contribution in [0.5, 0.6) is 5.75 Å². The van der Waals surface area contributed by atoms with Crippen molar-refractivity contribution in [2.75, 3.05) is 19.0 Å². The van der Waals surface area contributed by atoms with E-state index in [1.54, 1.807) is 7.11 Å². The number of benzene rings is 1. The highest BCUT2D eigenvalue weighted by atomic mass is 16.5. The predicted octanol–water partition coefficient (Wildman–Crippen LogP) is 4.96. The van der Waals surface area contributed by atoms with Crippen molar-refractivity contribution >= 4 is 11.6 Å². The molecule has 0 saturated heterocycles. The van der Waals surface area contributed by atoms with E-state index in [-0.39, 0.29) is 24.9 Å². The Labute approximate surface area is 196 Å². The highest BCUT2D eigenvalue weighted by molar-refractivity contribution is 5.91. The van der Waals surface area contributed by atoms with Gasteiger partial charge in [-0.1, -0.05) is 19.9 Å². The van der Waals surface area contributed by atoms with E-state index in [9.17, 15) is 9.90 Å². The maximum absolute atomic E-state index is 12.9. The third kappa shape index (κ3) is 5.57. The Morgan fingerprint density at radius 2 is 2.03 bits per heavy atom. The van der Waals surface area contributed by atoms with Crippen molar-refractivity contribution < 1.29 is 14.6 Å². The van der Waals surface area contributed by atoms with E-state index in [2.05, 4.69) is 33.9 Å². The molecule has 2 aliphatic carbocycles. The summed E-state index contributed by atoms with van der Waals surface area (Å²) in [5.74, 6) is 4.45. The number of anilines is 1. The van der Waals surface area contributed by atoms with Gasteiger partial charge in [0, 0.05) is 42.7 Å². The lowest BCUT2D eigenvalue weighted by molar-refractivity contribution is -0.116. The first-order chi connectivity index (χ1) is 15.9. The molecule has 2 fully saturated rings. The molecule has 2 aromatic rings. The lowest BCUT2D eigenvalue weighted by atomic mass is 9.71. The second kappa shape index (κ2) is 10.2. The Hall–Kier alpha value is -2.41. The minimum absolute atomic E-state index is 0.0169. The van der Waals surface area contributed by atoms with Gasteiger partial charge in [-0.05, 0) is 68.9 Å². The Kier molecular flexibility index (Phi) is 7.37. The molecule has 1 aromatic heterocycles. The fourth-order valence-electron chi connectivity index (χ4n) is 5.20. The molecular formula is C26H38N4O3. The molecule has 1 aromatic carbocycles. The number of carbonyl (C=O) groups is 1. The molecule has 2 aliphatic rings. The minimum Gasteiger partial charge on any atom is -0.496 e. The molecule has 0 radical (unpaired) electrons. The summed E-state index contributed by atoms with van der Waals surface area (Å²) in [6.45, 7) is 6.56. The molecule has 7 nitrogen and oxygen atoms in total. The molecule has 1 amide bonds. The number of hydrogen-bond acceptors (Lipinski definition) is 5. The van der Waals surface area contributed by atoms with Crippen LogP contribution in [-0.2, 0) is 4.79 Å². The number of aryl methyl sites for hydroxylation is 1. The van der Waals surface area contributed by atoms with Gasteiger partial charge >= 0.3 is 0 Å². The number of ether oxygens (including phenoxy) is 1. The van der Waals surface area contributed by atoms with Crippen LogP contribution in [0.2, 0.25) is 0 Å². The normalized spacial score (nSPS) is 21.0. The number of nitrogens with zero attached hydrogens (tertiary/aromatic N) is 3. The molecular weight excluding hydrogens is 416 g/mol. The van der Waals surface area contributed by atoms with Crippen LogP contribution in [0.4, 0.5) is 5.69 Å². The van der Waals surface area contributed by atoms with E-state index in [1.165, 1.54) is 19.3 Å². The van der Waals surface area contributed by atoms with Crippen LogP contribution in [0.25, 0.3) is 0 Å². The van der Waals surface area contributed by atoms with E-state index in [0.29, 0.717) is 24.1 Å². The Balaban J connectivity index is 1.47. The lowest BCUT2D eigenvalue weighted by Crippen LogP contribution is -2.26. The SMILES string of the molecule is COc1cc(NC(=O)C[C@H](CCO)c2nnc([C@H]3C[C@@H](CC(C)C)C3)n2C2CC2)ccc1C. The topological polar surface area (TPSA) is 89.3 Å². The van der Waals surface area contributed by atoms with Crippen molar-refractivity contribution in [3.63, 3.8) is 0 Å². The second-order valence-corrected chi connectivity index (χ2v) is 10.3. The van der Waals surface area contributed by atoms with Gasteiger partial charge in [0.1, 0.15) is 17.4 Å². The van der Waals surface area contributed by atoms with Crippen LogP contribution in [0, 0.1) is 18.8 Å². The molecule has 2 N–H and O–H groups in total. The summed E-state index contributed by atoms with van der Waals surface area (Å²) in [5.41, 5.74) is 1.73. The number of amides is 1. The summed E-state index contributed by atoms with van der Waals surface area (Å²) < 4.78 is 7.69. The molecule has 0 bridgehead atoms. The van der Waals surface area contributed by atoms with Gasteiger partial charge in [-0.25, -0.2) is 0 Å². The first-order valence-corrected chi connectivity index (χ1v) is 12.4. The van der Waals surface area contributed by atoms with Gasteiger partial charge in [0.25, 0.3) is 0 Å². The zero-order valence-electron chi connectivity index (χ0n) is 20.4. The number of nitrogens with one attached hydrogen (secondary N) is 1. The van der Waals surface area contributed by atoms with Crippen LogP contribution in [-0.4, -0.2) is 39.5 Å². The van der Waals surface area contributed by atoms with E-state index in [4.69, 9.17) is 4.74 Å². The zero-order valence-corrected chi connectivity index (χ0v) is 20.4. The quantitative estimate of drug-likeness (QED) is 0.501. The Morgan fingerprint density at radius 3 is 2.67 bits per heavy atom. The lowest BCUT2D eigenvalue weighted by Gasteiger charge is -2.36. The third-order valence-corrected chi connectivity index (χ3v) is 7.03. The molecule has 4 rings (SSSR count). The molecule has 0 spiro atoms. The summed E-state index contributed by atoms with van der Waals surface area (Å²) >= 11 is 0. The summed E-state index contributed by atoms with van der Waals surface area (Å²) in [4.78, 5) is 12.9. The number of aromatic nitrogens is 3. The number of aliphatic hydroxyl groups excluding tert-OH is 1. The average molecular weight is 455 g/mol. The number of aliphatic hydroxyl groups is 1. The van der Waals surface area contributed by atoms with Crippen molar-refractivity contribution in [1.29, 1.82) is 0 Å². The Morgan fingerprint density at radius 1 is 1.27 bits per heavy atom. The van der Waals surface area contributed by atoms with Gasteiger partial charge in [0.2, 0.25) is 5.91 Å². The van der Waals surface area contributed by atoms with Crippen LogP contribution in [0.15, 0.2) is 18.2 Å². The largest absolute Gasteiger partial charge is 0.496 e. The minimum atomic E-state index is -0.157. The number of rotatable bonds is 11. The Bertz CT molecular complexity index is 960. The number of carbonyl (C=O) groups excluding carboxylic acids is 1. The van der Waals surface area contributed by atoms with E-state index in [0.717, 1.165) is 47.6 Å². The van der Waals surface area contributed by atoms with Crippen molar-refractivity contribution in [2.45, 2.75) is 83.6 Å². The molecule has 180 valence electrons. The van der Waals surface area contributed by atoms with Crippen LogP contribution < -0.4 is 10.1 Å². The summed E-state index contributed by atoms with van der Waals surface area (Å²) in [6.07, 6.45) is 6.69. The first-order valence-electron chi connectivity index (χ1n) is 12.4. The highest BCUT2D eigenvalue weighted by Crippen LogP contribution is 2.48. The molecule has 2 saturated carbocycles. The third-order valence-electron chi connectivity index (χ3n) is 7.03. The second-order valence-electron chi connectivity index (χ2n) is 10.3.